The molecule has 2 N–H and O–H groups in total. The van der Waals surface area contributed by atoms with Crippen LogP contribution in [0.1, 0.15) is 18.5 Å². The van der Waals surface area contributed by atoms with Crippen molar-refractivity contribution in [2.24, 2.45) is 12.8 Å². The third kappa shape index (κ3) is 2.37. The number of rotatable bonds is 3. The summed E-state index contributed by atoms with van der Waals surface area (Å²) in [6.45, 7) is 1.93. The van der Waals surface area contributed by atoms with E-state index in [2.05, 4.69) is 20.5 Å². The van der Waals surface area contributed by atoms with Crippen LogP contribution >= 0.6 is 11.8 Å². The van der Waals surface area contributed by atoms with Crippen LogP contribution in [0, 0.1) is 0 Å². The van der Waals surface area contributed by atoms with E-state index in [0.29, 0.717) is 5.16 Å². The maximum Gasteiger partial charge on any atom is 0.215 e. The van der Waals surface area contributed by atoms with E-state index < -0.39 is 0 Å². The van der Waals surface area contributed by atoms with Crippen LogP contribution in [-0.4, -0.2) is 25.2 Å². The molecule has 0 radical (unpaired) electrons. The lowest BCUT2D eigenvalue weighted by Gasteiger charge is -2.05. The summed E-state index contributed by atoms with van der Waals surface area (Å²) in [6.07, 6.45) is 1.77. The largest absolute Gasteiger partial charge is 0.324 e. The molecule has 0 fully saturated rings. The molecule has 0 aliphatic rings. The second-order valence-corrected chi connectivity index (χ2v) is 4.39. The smallest absolute Gasteiger partial charge is 0.215 e. The molecule has 0 saturated carbocycles. The van der Waals surface area contributed by atoms with Gasteiger partial charge in [0.2, 0.25) is 5.16 Å². The predicted molar refractivity (Wildman–Crippen MR) is 59.8 cm³/mol. The van der Waals surface area contributed by atoms with Crippen LogP contribution in [0.25, 0.3) is 0 Å². The Morgan fingerprint density at radius 3 is 2.75 bits per heavy atom. The van der Waals surface area contributed by atoms with Gasteiger partial charge in [-0.3, -0.25) is 0 Å². The maximum absolute atomic E-state index is 5.74. The Kier molecular flexibility index (Phi) is 3.16. The number of hydrogen-bond donors (Lipinski definition) is 1. The molecule has 0 aromatic carbocycles. The first kappa shape index (κ1) is 11.0. The second-order valence-electron chi connectivity index (χ2n) is 3.41. The van der Waals surface area contributed by atoms with Gasteiger partial charge >= 0.3 is 0 Å². The summed E-state index contributed by atoms with van der Waals surface area (Å²) in [5.74, 6) is 0. The van der Waals surface area contributed by atoms with Gasteiger partial charge in [-0.05, 0) is 40.7 Å². The van der Waals surface area contributed by atoms with E-state index in [0.717, 1.165) is 10.6 Å². The Morgan fingerprint density at radius 2 is 2.25 bits per heavy atom. The van der Waals surface area contributed by atoms with Crippen molar-refractivity contribution in [2.75, 3.05) is 0 Å². The quantitative estimate of drug-likeness (QED) is 0.847. The van der Waals surface area contributed by atoms with E-state index >= 15 is 0 Å². The normalized spacial score (nSPS) is 12.7. The first-order valence-corrected chi connectivity index (χ1v) is 5.60. The zero-order chi connectivity index (χ0) is 11.5. The summed E-state index contributed by atoms with van der Waals surface area (Å²) < 4.78 is 1.60. The number of nitrogens with two attached hydrogens (primary N) is 1. The van der Waals surface area contributed by atoms with Crippen molar-refractivity contribution >= 4 is 11.8 Å². The van der Waals surface area contributed by atoms with Crippen LogP contribution in [-0.2, 0) is 7.05 Å². The molecule has 0 amide bonds. The van der Waals surface area contributed by atoms with Crippen LogP contribution in [0.2, 0.25) is 0 Å². The fourth-order valence-electron chi connectivity index (χ4n) is 1.12. The molecule has 16 heavy (non-hydrogen) atoms. The Balaban J connectivity index is 2.14. The molecule has 84 valence electrons. The van der Waals surface area contributed by atoms with Gasteiger partial charge in [-0.2, -0.15) is 0 Å². The standard InChI is InChI=1S/C9H12N6S/c1-6(10)7-3-4-8(11-5-7)16-9-12-13-14-15(9)2/h3-6H,10H2,1-2H3/t6-/m1/s1. The highest BCUT2D eigenvalue weighted by molar-refractivity contribution is 7.99. The molecule has 0 bridgehead atoms. The molecule has 6 nitrogen and oxygen atoms in total. The molecular weight excluding hydrogens is 224 g/mol. The highest BCUT2D eigenvalue weighted by Crippen LogP contribution is 2.23. The fourth-order valence-corrected chi connectivity index (χ4v) is 1.80. The Bertz CT molecular complexity index is 463. The van der Waals surface area contributed by atoms with Gasteiger partial charge in [0.15, 0.2) is 0 Å². The minimum Gasteiger partial charge on any atom is -0.324 e. The number of pyridine rings is 1. The minimum atomic E-state index is 0.00282. The predicted octanol–water partition coefficient (Wildman–Crippen LogP) is 0.776. The van der Waals surface area contributed by atoms with Gasteiger partial charge in [-0.25, -0.2) is 9.67 Å². The van der Waals surface area contributed by atoms with Crippen LogP contribution < -0.4 is 5.73 Å². The molecule has 2 heterocycles. The molecule has 0 aliphatic heterocycles. The highest BCUT2D eigenvalue weighted by Gasteiger charge is 2.06. The average Bonchev–Trinajstić information content (AvgIpc) is 2.65. The molecule has 0 saturated heterocycles. The first-order valence-electron chi connectivity index (χ1n) is 4.78. The third-order valence-electron chi connectivity index (χ3n) is 2.06. The molecule has 1 atom stereocenters. The van der Waals surface area contributed by atoms with E-state index in [1.165, 1.54) is 11.8 Å². The lowest BCUT2D eigenvalue weighted by Crippen LogP contribution is -2.05. The van der Waals surface area contributed by atoms with E-state index in [9.17, 15) is 0 Å². The van der Waals surface area contributed by atoms with Gasteiger partial charge in [0.05, 0.1) is 0 Å². The highest BCUT2D eigenvalue weighted by atomic mass is 32.2. The first-order chi connectivity index (χ1) is 7.66. The molecule has 0 spiro atoms. The van der Waals surface area contributed by atoms with Crippen molar-refractivity contribution in [2.45, 2.75) is 23.1 Å². The van der Waals surface area contributed by atoms with Crippen molar-refractivity contribution in [3.05, 3.63) is 23.9 Å². The molecule has 2 aromatic rings. The van der Waals surface area contributed by atoms with Gasteiger partial charge in [-0.15, -0.1) is 5.10 Å². The second kappa shape index (κ2) is 4.58. The topological polar surface area (TPSA) is 82.5 Å². The van der Waals surface area contributed by atoms with E-state index in [4.69, 9.17) is 5.73 Å². The SMILES string of the molecule is C[C@@H](N)c1ccc(Sc2nnnn2C)nc1. The van der Waals surface area contributed by atoms with Gasteiger partial charge < -0.3 is 5.73 Å². The summed E-state index contributed by atoms with van der Waals surface area (Å²) in [7, 11) is 1.79. The number of hydrogen-bond acceptors (Lipinski definition) is 6. The molecule has 7 heteroatoms. The Hall–Kier alpha value is -1.47. The number of nitrogens with zero attached hydrogens (tertiary/aromatic N) is 5. The van der Waals surface area contributed by atoms with E-state index in [1.807, 2.05) is 19.1 Å². The van der Waals surface area contributed by atoms with Gasteiger partial charge in [0, 0.05) is 19.3 Å². The van der Waals surface area contributed by atoms with Gasteiger partial charge in [-0.1, -0.05) is 6.07 Å². The van der Waals surface area contributed by atoms with Gasteiger partial charge in [0.1, 0.15) is 5.03 Å². The Labute approximate surface area is 97.2 Å². The monoisotopic (exact) mass is 236 g/mol. The van der Waals surface area contributed by atoms with Crippen LogP contribution in [0.5, 0.6) is 0 Å². The molecule has 0 aliphatic carbocycles. The molecule has 2 aromatic heterocycles. The average molecular weight is 236 g/mol. The maximum atomic E-state index is 5.74. The Morgan fingerprint density at radius 1 is 1.44 bits per heavy atom. The van der Waals surface area contributed by atoms with E-state index in [-0.39, 0.29) is 6.04 Å². The summed E-state index contributed by atoms with van der Waals surface area (Å²) >= 11 is 1.42. The lowest BCUT2D eigenvalue weighted by molar-refractivity contribution is 0.664. The van der Waals surface area contributed by atoms with Crippen molar-refractivity contribution in [1.82, 2.24) is 25.2 Å². The van der Waals surface area contributed by atoms with Crippen molar-refractivity contribution in [3.8, 4) is 0 Å². The summed E-state index contributed by atoms with van der Waals surface area (Å²) in [5, 5.41) is 12.7. The zero-order valence-corrected chi connectivity index (χ0v) is 9.85. The van der Waals surface area contributed by atoms with Crippen LogP contribution in [0.4, 0.5) is 0 Å². The number of aromatic nitrogens is 5. The van der Waals surface area contributed by atoms with Gasteiger partial charge in [0.25, 0.3) is 0 Å². The summed E-state index contributed by atoms with van der Waals surface area (Å²) in [6, 6.07) is 3.88. The van der Waals surface area contributed by atoms with Crippen LogP contribution in [0.15, 0.2) is 28.5 Å². The lowest BCUT2D eigenvalue weighted by atomic mass is 10.2. The van der Waals surface area contributed by atoms with Crippen molar-refractivity contribution in [3.63, 3.8) is 0 Å². The molecule has 0 unspecified atom stereocenters. The summed E-state index contributed by atoms with van der Waals surface area (Å²) in [5.41, 5.74) is 6.75. The van der Waals surface area contributed by atoms with Crippen molar-refractivity contribution in [1.29, 1.82) is 0 Å². The number of tetrazole rings is 1. The minimum absolute atomic E-state index is 0.00282. The van der Waals surface area contributed by atoms with Crippen molar-refractivity contribution < 1.29 is 0 Å². The van der Waals surface area contributed by atoms with Crippen LogP contribution in [0.3, 0.4) is 0 Å². The van der Waals surface area contributed by atoms with E-state index in [1.54, 1.807) is 17.9 Å². The number of aryl methyl sites for hydroxylation is 1. The molecular formula is C9H12N6S. The molecule has 2 rings (SSSR count). The zero-order valence-electron chi connectivity index (χ0n) is 9.03. The third-order valence-corrected chi connectivity index (χ3v) is 3.04. The fraction of sp³-hybridized carbons (Fsp3) is 0.333. The summed E-state index contributed by atoms with van der Waals surface area (Å²) in [4.78, 5) is 4.29.